The lowest BCUT2D eigenvalue weighted by atomic mass is 10.2. The van der Waals surface area contributed by atoms with Crippen LogP contribution in [0, 0.1) is 0 Å². The van der Waals surface area contributed by atoms with Crippen LogP contribution in [-0.4, -0.2) is 35.3 Å². The molecule has 0 aliphatic carbocycles. The van der Waals surface area contributed by atoms with Gasteiger partial charge in [-0.25, -0.2) is 0 Å². The van der Waals surface area contributed by atoms with Crippen LogP contribution < -0.4 is 0 Å². The molecular formula is C10H18ClN3. The maximum absolute atomic E-state index is 5.82. The van der Waals surface area contributed by atoms with Crippen LogP contribution in [0.2, 0.25) is 0 Å². The second kappa shape index (κ2) is 5.37. The van der Waals surface area contributed by atoms with E-state index in [1.807, 2.05) is 6.20 Å². The van der Waals surface area contributed by atoms with Gasteiger partial charge in [-0.05, 0) is 20.5 Å². The van der Waals surface area contributed by atoms with E-state index in [1.54, 1.807) is 0 Å². The number of rotatable bonds is 5. The molecule has 0 bridgehead atoms. The van der Waals surface area contributed by atoms with E-state index in [2.05, 4.69) is 35.7 Å². The smallest absolute Gasteiger partial charge is 0.0539 e. The number of likely N-dealkylation sites (N-methyl/N-ethyl adjacent to an activating group) is 1. The molecule has 0 fully saturated rings. The highest BCUT2D eigenvalue weighted by atomic mass is 35.5. The van der Waals surface area contributed by atoms with Crippen LogP contribution in [0.4, 0.5) is 0 Å². The topological polar surface area (TPSA) is 21.1 Å². The average molecular weight is 216 g/mol. The van der Waals surface area contributed by atoms with Gasteiger partial charge in [-0.1, -0.05) is 6.92 Å². The Kier molecular flexibility index (Phi) is 4.42. The zero-order valence-electron chi connectivity index (χ0n) is 9.13. The van der Waals surface area contributed by atoms with Crippen LogP contribution in [-0.2, 0) is 18.8 Å². The summed E-state index contributed by atoms with van der Waals surface area (Å²) in [4.78, 5) is 2.15. The van der Waals surface area contributed by atoms with Gasteiger partial charge in [0.1, 0.15) is 0 Å². The highest BCUT2D eigenvalue weighted by molar-refractivity contribution is 6.17. The highest BCUT2D eigenvalue weighted by Gasteiger charge is 2.07. The SMILES string of the molecule is CCc1c(CCl)cnn1CCN(C)C. The first-order chi connectivity index (χ1) is 6.69. The minimum absolute atomic E-state index is 0.561. The number of alkyl halides is 1. The van der Waals surface area contributed by atoms with E-state index in [-0.39, 0.29) is 0 Å². The Bertz CT molecular complexity index is 281. The molecule has 0 atom stereocenters. The molecule has 3 nitrogen and oxygen atoms in total. The van der Waals surface area contributed by atoms with Crippen molar-refractivity contribution in [1.82, 2.24) is 14.7 Å². The fourth-order valence-electron chi connectivity index (χ4n) is 1.46. The zero-order valence-corrected chi connectivity index (χ0v) is 9.88. The number of aromatic nitrogens is 2. The molecule has 0 spiro atoms. The predicted octanol–water partition coefficient (Wildman–Crippen LogP) is 1.75. The van der Waals surface area contributed by atoms with Gasteiger partial charge in [0.25, 0.3) is 0 Å². The molecule has 0 unspecified atom stereocenters. The fourth-order valence-corrected chi connectivity index (χ4v) is 1.68. The molecule has 1 rings (SSSR count). The summed E-state index contributed by atoms with van der Waals surface area (Å²) in [6.07, 6.45) is 2.87. The van der Waals surface area contributed by atoms with E-state index in [0.29, 0.717) is 5.88 Å². The van der Waals surface area contributed by atoms with E-state index in [1.165, 1.54) is 5.69 Å². The molecule has 0 aromatic carbocycles. The third-order valence-electron chi connectivity index (χ3n) is 2.27. The molecule has 14 heavy (non-hydrogen) atoms. The van der Waals surface area contributed by atoms with Crippen LogP contribution in [0.5, 0.6) is 0 Å². The van der Waals surface area contributed by atoms with Crippen molar-refractivity contribution >= 4 is 11.6 Å². The lowest BCUT2D eigenvalue weighted by Gasteiger charge is -2.11. The van der Waals surface area contributed by atoms with Crippen LogP contribution in [0.1, 0.15) is 18.2 Å². The van der Waals surface area contributed by atoms with E-state index >= 15 is 0 Å². The molecule has 4 heteroatoms. The van der Waals surface area contributed by atoms with Gasteiger partial charge < -0.3 is 4.90 Å². The molecule has 80 valence electrons. The predicted molar refractivity (Wildman–Crippen MR) is 59.7 cm³/mol. The molecule has 0 N–H and O–H groups in total. The Hall–Kier alpha value is -0.540. The summed E-state index contributed by atoms with van der Waals surface area (Å²) < 4.78 is 2.05. The first kappa shape index (κ1) is 11.5. The van der Waals surface area contributed by atoms with Gasteiger partial charge in [0, 0.05) is 17.8 Å². The van der Waals surface area contributed by atoms with Crippen molar-refractivity contribution in [3.05, 3.63) is 17.5 Å². The second-order valence-electron chi connectivity index (χ2n) is 3.63. The quantitative estimate of drug-likeness (QED) is 0.698. The fraction of sp³-hybridized carbons (Fsp3) is 0.700. The van der Waals surface area contributed by atoms with Crippen molar-refractivity contribution in [2.24, 2.45) is 0 Å². The Balaban J connectivity index is 2.71. The van der Waals surface area contributed by atoms with Gasteiger partial charge in [0.2, 0.25) is 0 Å². The van der Waals surface area contributed by atoms with Crippen LogP contribution in [0.3, 0.4) is 0 Å². The van der Waals surface area contributed by atoms with Gasteiger partial charge >= 0.3 is 0 Å². The molecule has 0 aliphatic heterocycles. The van der Waals surface area contributed by atoms with Crippen LogP contribution in [0.25, 0.3) is 0 Å². The summed E-state index contributed by atoms with van der Waals surface area (Å²) in [7, 11) is 4.13. The molecule has 0 saturated heterocycles. The monoisotopic (exact) mass is 215 g/mol. The second-order valence-corrected chi connectivity index (χ2v) is 3.90. The molecule has 0 radical (unpaired) electrons. The lowest BCUT2D eigenvalue weighted by Crippen LogP contribution is -2.20. The highest BCUT2D eigenvalue weighted by Crippen LogP contribution is 2.11. The minimum Gasteiger partial charge on any atom is -0.308 e. The molecule has 1 aromatic heterocycles. The summed E-state index contributed by atoms with van der Waals surface area (Å²) in [5.74, 6) is 0.561. The summed E-state index contributed by atoms with van der Waals surface area (Å²) in [5.41, 5.74) is 2.43. The first-order valence-corrected chi connectivity index (χ1v) is 5.46. The van der Waals surface area contributed by atoms with Gasteiger partial charge in [-0.2, -0.15) is 5.10 Å². The summed E-state index contributed by atoms with van der Waals surface area (Å²) >= 11 is 5.82. The normalized spacial score (nSPS) is 11.2. The van der Waals surface area contributed by atoms with E-state index in [4.69, 9.17) is 11.6 Å². The zero-order chi connectivity index (χ0) is 10.6. The molecule has 1 heterocycles. The number of nitrogens with zero attached hydrogens (tertiary/aromatic N) is 3. The molecule has 1 aromatic rings. The third-order valence-corrected chi connectivity index (χ3v) is 2.56. The number of hydrogen-bond donors (Lipinski definition) is 0. The number of halogens is 1. The van der Waals surface area contributed by atoms with Gasteiger partial charge in [0.05, 0.1) is 18.6 Å². The standard InChI is InChI=1S/C10H18ClN3/c1-4-10-9(7-11)8-12-14(10)6-5-13(2)3/h8H,4-7H2,1-3H3. The van der Waals surface area contributed by atoms with Gasteiger partial charge in [0.15, 0.2) is 0 Å². The average Bonchev–Trinajstić information content (AvgIpc) is 2.56. The Labute approximate surface area is 90.7 Å². The largest absolute Gasteiger partial charge is 0.308 e. The molecular weight excluding hydrogens is 198 g/mol. The Morgan fingerprint density at radius 3 is 2.71 bits per heavy atom. The van der Waals surface area contributed by atoms with Gasteiger partial charge in [-0.3, -0.25) is 4.68 Å². The maximum Gasteiger partial charge on any atom is 0.0539 e. The minimum atomic E-state index is 0.561. The third kappa shape index (κ3) is 2.72. The van der Waals surface area contributed by atoms with Crippen molar-refractivity contribution in [3.63, 3.8) is 0 Å². The Morgan fingerprint density at radius 2 is 2.21 bits per heavy atom. The van der Waals surface area contributed by atoms with Crippen LogP contribution >= 0.6 is 11.6 Å². The van der Waals surface area contributed by atoms with Crippen molar-refractivity contribution in [1.29, 1.82) is 0 Å². The van der Waals surface area contributed by atoms with Gasteiger partial charge in [-0.15, -0.1) is 11.6 Å². The molecule has 0 amide bonds. The Morgan fingerprint density at radius 1 is 1.50 bits per heavy atom. The maximum atomic E-state index is 5.82. The van der Waals surface area contributed by atoms with Crippen molar-refractivity contribution in [3.8, 4) is 0 Å². The number of hydrogen-bond acceptors (Lipinski definition) is 2. The summed E-state index contributed by atoms with van der Waals surface area (Å²) in [6.45, 7) is 4.09. The van der Waals surface area contributed by atoms with E-state index in [0.717, 1.165) is 25.1 Å². The lowest BCUT2D eigenvalue weighted by molar-refractivity contribution is 0.369. The van der Waals surface area contributed by atoms with E-state index < -0.39 is 0 Å². The van der Waals surface area contributed by atoms with E-state index in [9.17, 15) is 0 Å². The van der Waals surface area contributed by atoms with Crippen molar-refractivity contribution in [2.75, 3.05) is 20.6 Å². The summed E-state index contributed by atoms with van der Waals surface area (Å²) in [5, 5.41) is 4.34. The van der Waals surface area contributed by atoms with Crippen molar-refractivity contribution in [2.45, 2.75) is 25.8 Å². The molecule has 0 saturated carbocycles. The van der Waals surface area contributed by atoms with Crippen molar-refractivity contribution < 1.29 is 0 Å². The van der Waals surface area contributed by atoms with Crippen LogP contribution in [0.15, 0.2) is 6.20 Å². The summed E-state index contributed by atoms with van der Waals surface area (Å²) in [6, 6.07) is 0. The first-order valence-electron chi connectivity index (χ1n) is 4.93. The molecule has 0 aliphatic rings.